The maximum Gasteiger partial charge on any atom is 0.293 e. The highest BCUT2D eigenvalue weighted by Crippen LogP contribution is 2.33. The fraction of sp³-hybridized carbons (Fsp3) is 0.118. The van der Waals surface area contributed by atoms with Crippen molar-refractivity contribution in [2.75, 3.05) is 0 Å². The van der Waals surface area contributed by atoms with Gasteiger partial charge in [-0.25, -0.2) is 0 Å². The Morgan fingerprint density at radius 1 is 1.17 bits per heavy atom. The Balaban J connectivity index is 1.81. The molecule has 2 heterocycles. The zero-order chi connectivity index (χ0) is 16.4. The van der Waals surface area contributed by atoms with Gasteiger partial charge >= 0.3 is 0 Å². The van der Waals surface area contributed by atoms with Crippen molar-refractivity contribution >= 4 is 44.9 Å². The molecule has 0 bridgehead atoms. The molecular formula is C17H13BrN2O2S. The predicted molar refractivity (Wildman–Crippen MR) is 94.6 cm³/mol. The summed E-state index contributed by atoms with van der Waals surface area (Å²) in [6, 6.07) is 13.1. The number of carbonyl (C=O) groups is 2. The van der Waals surface area contributed by atoms with Gasteiger partial charge in [0, 0.05) is 10.2 Å². The second-order valence-electron chi connectivity index (χ2n) is 5.10. The maximum atomic E-state index is 12.5. The highest BCUT2D eigenvalue weighted by molar-refractivity contribution is 9.10. The average Bonchev–Trinajstić information content (AvgIpc) is 2.77. The summed E-state index contributed by atoms with van der Waals surface area (Å²) in [7, 11) is 0. The molecule has 0 aliphatic carbocycles. The minimum Gasteiger partial charge on any atom is -0.268 e. The number of halogens is 1. The van der Waals surface area contributed by atoms with Crippen LogP contribution in [0.25, 0.3) is 6.08 Å². The summed E-state index contributed by atoms with van der Waals surface area (Å²) in [6.45, 7) is 2.16. The zero-order valence-corrected chi connectivity index (χ0v) is 14.7. The normalized spacial score (nSPS) is 16.4. The summed E-state index contributed by atoms with van der Waals surface area (Å²) >= 11 is 4.32. The Morgan fingerprint density at radius 2 is 1.91 bits per heavy atom. The molecule has 0 unspecified atom stereocenters. The predicted octanol–water partition coefficient (Wildman–Crippen LogP) is 4.39. The molecule has 1 fully saturated rings. The van der Waals surface area contributed by atoms with Crippen LogP contribution in [-0.4, -0.2) is 21.0 Å². The summed E-state index contributed by atoms with van der Waals surface area (Å²) in [6.07, 6.45) is 1.67. The summed E-state index contributed by atoms with van der Waals surface area (Å²) in [5, 5.41) is -0.253. The number of rotatable bonds is 3. The molecule has 3 rings (SSSR count). The Morgan fingerprint density at radius 3 is 2.61 bits per heavy atom. The van der Waals surface area contributed by atoms with Gasteiger partial charge in [0.2, 0.25) is 0 Å². The molecule has 1 aliphatic rings. The summed E-state index contributed by atoms with van der Waals surface area (Å²) in [5.74, 6) is -0.272. The smallest absolute Gasteiger partial charge is 0.268 e. The first-order valence-electron chi connectivity index (χ1n) is 6.96. The molecule has 6 heteroatoms. The lowest BCUT2D eigenvalue weighted by atomic mass is 10.2. The first-order valence-corrected chi connectivity index (χ1v) is 8.57. The summed E-state index contributed by atoms with van der Waals surface area (Å²) < 4.78 is 0.959. The van der Waals surface area contributed by atoms with Crippen molar-refractivity contribution in [1.82, 2.24) is 9.88 Å². The molecule has 0 spiro atoms. The minimum atomic E-state index is -0.272. The van der Waals surface area contributed by atoms with Crippen LogP contribution in [0.15, 0.2) is 51.8 Å². The van der Waals surface area contributed by atoms with E-state index < -0.39 is 0 Å². The first-order chi connectivity index (χ1) is 11.0. The highest BCUT2D eigenvalue weighted by Gasteiger charge is 2.35. The molecule has 4 nitrogen and oxygen atoms in total. The number of aromatic nitrogens is 1. The number of thioether (sulfide) groups is 1. The third-order valence-electron chi connectivity index (χ3n) is 3.32. The molecule has 0 radical (unpaired) electrons. The van der Waals surface area contributed by atoms with Gasteiger partial charge in [0.15, 0.2) is 0 Å². The number of amides is 2. The van der Waals surface area contributed by atoms with Gasteiger partial charge in [0.05, 0.1) is 17.1 Å². The topological polar surface area (TPSA) is 50.3 Å². The number of pyridine rings is 1. The quantitative estimate of drug-likeness (QED) is 0.731. The molecule has 0 saturated carbocycles. The Hall–Kier alpha value is -1.92. The van der Waals surface area contributed by atoms with Crippen LogP contribution in [0.1, 0.15) is 17.0 Å². The number of hydrogen-bond donors (Lipinski definition) is 0. The molecule has 0 atom stereocenters. The monoisotopic (exact) mass is 388 g/mol. The standard InChI is InChI=1S/C17H13BrN2O2S/c1-11-3-2-4-14(19-11)9-15-16(21)20(17(22)23-15)10-12-5-7-13(18)8-6-12/h2-9H,10H2,1H3/b15-9+. The van der Waals surface area contributed by atoms with Crippen LogP contribution < -0.4 is 0 Å². The van der Waals surface area contributed by atoms with Gasteiger partial charge in [0.1, 0.15) is 0 Å². The van der Waals surface area contributed by atoms with Crippen LogP contribution in [0, 0.1) is 6.92 Å². The molecule has 1 aromatic carbocycles. The number of imide groups is 1. The number of nitrogens with zero attached hydrogens (tertiary/aromatic N) is 2. The van der Waals surface area contributed by atoms with E-state index in [0.29, 0.717) is 10.6 Å². The van der Waals surface area contributed by atoms with E-state index in [2.05, 4.69) is 20.9 Å². The molecule has 1 aliphatic heterocycles. The number of carbonyl (C=O) groups excluding carboxylic acids is 2. The van der Waals surface area contributed by atoms with Crippen molar-refractivity contribution in [1.29, 1.82) is 0 Å². The third kappa shape index (κ3) is 3.71. The molecule has 0 N–H and O–H groups in total. The lowest BCUT2D eigenvalue weighted by molar-refractivity contribution is -0.123. The van der Waals surface area contributed by atoms with Gasteiger partial charge in [-0.1, -0.05) is 34.1 Å². The highest BCUT2D eigenvalue weighted by atomic mass is 79.9. The molecule has 23 heavy (non-hydrogen) atoms. The van der Waals surface area contributed by atoms with Crippen LogP contribution in [-0.2, 0) is 11.3 Å². The summed E-state index contributed by atoms with van der Waals surface area (Å²) in [4.78, 5) is 30.6. The maximum absolute atomic E-state index is 12.5. The van der Waals surface area contributed by atoms with Crippen LogP contribution in [0.2, 0.25) is 0 Å². The van der Waals surface area contributed by atoms with E-state index in [1.807, 2.05) is 49.4 Å². The molecule has 1 aromatic heterocycles. The number of aryl methyl sites for hydroxylation is 1. The van der Waals surface area contributed by atoms with Gasteiger partial charge in [-0.15, -0.1) is 0 Å². The van der Waals surface area contributed by atoms with E-state index in [4.69, 9.17) is 0 Å². The Kier molecular flexibility index (Phi) is 4.63. The Labute approximate surface area is 146 Å². The fourth-order valence-corrected chi connectivity index (χ4v) is 3.27. The van der Waals surface area contributed by atoms with Crippen LogP contribution >= 0.6 is 27.7 Å². The van der Waals surface area contributed by atoms with Crippen LogP contribution in [0.4, 0.5) is 4.79 Å². The summed E-state index contributed by atoms with van der Waals surface area (Å²) in [5.41, 5.74) is 2.46. The first kappa shape index (κ1) is 16.0. The lowest BCUT2D eigenvalue weighted by Gasteiger charge is -2.12. The van der Waals surface area contributed by atoms with E-state index in [-0.39, 0.29) is 17.7 Å². The van der Waals surface area contributed by atoms with Crippen molar-refractivity contribution in [3.05, 3.63) is 68.8 Å². The molecule has 116 valence electrons. The van der Waals surface area contributed by atoms with E-state index >= 15 is 0 Å². The van der Waals surface area contributed by atoms with E-state index in [1.54, 1.807) is 6.08 Å². The van der Waals surface area contributed by atoms with Gasteiger partial charge < -0.3 is 0 Å². The number of hydrogen-bond acceptors (Lipinski definition) is 4. The van der Waals surface area contributed by atoms with Gasteiger partial charge in [-0.3, -0.25) is 19.5 Å². The fourth-order valence-electron chi connectivity index (χ4n) is 2.19. The van der Waals surface area contributed by atoms with Gasteiger partial charge in [0.25, 0.3) is 11.1 Å². The third-order valence-corrected chi connectivity index (χ3v) is 4.75. The van der Waals surface area contributed by atoms with Crippen molar-refractivity contribution in [3.63, 3.8) is 0 Å². The second kappa shape index (κ2) is 6.68. The van der Waals surface area contributed by atoms with Crippen LogP contribution in [0.5, 0.6) is 0 Å². The van der Waals surface area contributed by atoms with Crippen molar-refractivity contribution in [3.8, 4) is 0 Å². The van der Waals surface area contributed by atoms with E-state index in [1.165, 1.54) is 4.90 Å². The number of benzene rings is 1. The SMILES string of the molecule is Cc1cccc(/C=C2/SC(=O)N(Cc3ccc(Br)cc3)C2=O)n1. The molecule has 1 saturated heterocycles. The van der Waals surface area contributed by atoms with E-state index in [9.17, 15) is 9.59 Å². The van der Waals surface area contributed by atoms with Crippen molar-refractivity contribution in [2.45, 2.75) is 13.5 Å². The van der Waals surface area contributed by atoms with Crippen molar-refractivity contribution in [2.24, 2.45) is 0 Å². The molecule has 2 amide bonds. The van der Waals surface area contributed by atoms with Gasteiger partial charge in [-0.05, 0) is 54.6 Å². The van der Waals surface area contributed by atoms with Crippen LogP contribution in [0.3, 0.4) is 0 Å². The van der Waals surface area contributed by atoms with Gasteiger partial charge in [-0.2, -0.15) is 0 Å². The minimum absolute atomic E-state index is 0.253. The molecule has 2 aromatic rings. The zero-order valence-electron chi connectivity index (χ0n) is 12.3. The average molecular weight is 389 g/mol. The largest absolute Gasteiger partial charge is 0.293 e. The Bertz CT molecular complexity index is 802. The lowest BCUT2D eigenvalue weighted by Crippen LogP contribution is -2.27. The van der Waals surface area contributed by atoms with E-state index in [0.717, 1.165) is 27.5 Å². The second-order valence-corrected chi connectivity index (χ2v) is 7.01. The molecular weight excluding hydrogens is 376 g/mol. The van der Waals surface area contributed by atoms with Crippen molar-refractivity contribution < 1.29 is 9.59 Å².